The quantitative estimate of drug-likeness (QED) is 0.479. The van der Waals surface area contributed by atoms with Crippen molar-refractivity contribution in [1.82, 2.24) is 9.80 Å². The third-order valence-electron chi connectivity index (χ3n) is 6.27. The number of thioether (sulfide) groups is 1. The van der Waals surface area contributed by atoms with Gasteiger partial charge in [-0.1, -0.05) is 90.6 Å². The first-order valence-corrected chi connectivity index (χ1v) is 12.2. The lowest BCUT2D eigenvalue weighted by molar-refractivity contribution is -0.140. The first kappa shape index (κ1) is 21.7. The minimum Gasteiger partial charge on any atom is -0.299 e. The number of carbonyl (C=O) groups excluding carboxylic acids is 2. The lowest BCUT2D eigenvalue weighted by atomic mass is 10.0. The van der Waals surface area contributed by atoms with E-state index < -0.39 is 0 Å². The van der Waals surface area contributed by atoms with E-state index in [-0.39, 0.29) is 17.9 Å². The van der Waals surface area contributed by atoms with Gasteiger partial charge in [-0.15, -0.1) is 0 Å². The summed E-state index contributed by atoms with van der Waals surface area (Å²) in [4.78, 5) is 32.6. The van der Waals surface area contributed by atoms with Crippen LogP contribution in [0.4, 0.5) is 0 Å². The van der Waals surface area contributed by atoms with Gasteiger partial charge in [0.05, 0.1) is 10.5 Å². The number of carbonyl (C=O) groups is 2. The molecule has 0 N–H and O–H groups in total. The lowest BCUT2D eigenvalue weighted by Gasteiger charge is -2.36. The van der Waals surface area contributed by atoms with Crippen molar-refractivity contribution in [2.75, 3.05) is 13.1 Å². The first-order valence-electron chi connectivity index (χ1n) is 11.4. The first-order chi connectivity index (χ1) is 16.2. The summed E-state index contributed by atoms with van der Waals surface area (Å²) >= 11 is 1.39. The SMILES string of the molecule is O=C1C(Sc2ccccc2)=C(c2ccccc2)C(=O)N1C1CCN(Cc2ccccc2)CC1. The number of benzene rings is 3. The number of hydrogen-bond acceptors (Lipinski definition) is 4. The second kappa shape index (κ2) is 9.77. The van der Waals surface area contributed by atoms with E-state index in [0.717, 1.165) is 42.9 Å². The van der Waals surface area contributed by atoms with Crippen LogP contribution < -0.4 is 0 Å². The van der Waals surface area contributed by atoms with Crippen LogP contribution in [-0.2, 0) is 16.1 Å². The molecule has 5 heteroatoms. The number of nitrogens with zero attached hydrogens (tertiary/aromatic N) is 2. The summed E-state index contributed by atoms with van der Waals surface area (Å²) in [6, 6.07) is 29.8. The molecular weight excluding hydrogens is 428 g/mol. The predicted octanol–water partition coefficient (Wildman–Crippen LogP) is 5.22. The normalized spacial score (nSPS) is 17.8. The average molecular weight is 455 g/mol. The smallest absolute Gasteiger partial charge is 0.268 e. The Morgan fingerprint density at radius 3 is 1.94 bits per heavy atom. The summed E-state index contributed by atoms with van der Waals surface area (Å²) in [5.41, 5.74) is 2.62. The zero-order valence-electron chi connectivity index (χ0n) is 18.4. The minimum absolute atomic E-state index is 0.0652. The molecule has 1 fully saturated rings. The van der Waals surface area contributed by atoms with Crippen molar-refractivity contribution in [3.63, 3.8) is 0 Å². The fourth-order valence-electron chi connectivity index (χ4n) is 4.60. The second-order valence-electron chi connectivity index (χ2n) is 8.46. The summed E-state index contributed by atoms with van der Waals surface area (Å²) in [6.07, 6.45) is 1.60. The summed E-state index contributed by atoms with van der Waals surface area (Å²) in [5.74, 6) is -0.319. The number of amides is 2. The molecule has 0 bridgehead atoms. The van der Waals surface area contributed by atoms with Crippen molar-refractivity contribution in [3.8, 4) is 0 Å². The van der Waals surface area contributed by atoms with Gasteiger partial charge >= 0.3 is 0 Å². The van der Waals surface area contributed by atoms with E-state index >= 15 is 0 Å². The van der Waals surface area contributed by atoms with Crippen LogP contribution in [0.5, 0.6) is 0 Å². The van der Waals surface area contributed by atoms with Crippen LogP contribution in [0.2, 0.25) is 0 Å². The van der Waals surface area contributed by atoms with Crippen molar-refractivity contribution in [2.24, 2.45) is 0 Å². The molecular formula is C28H26N2O2S. The van der Waals surface area contributed by atoms with E-state index in [1.807, 2.05) is 66.7 Å². The molecule has 33 heavy (non-hydrogen) atoms. The molecule has 0 radical (unpaired) electrons. The van der Waals surface area contributed by atoms with E-state index in [4.69, 9.17) is 0 Å². The summed E-state index contributed by atoms with van der Waals surface area (Å²) in [5, 5.41) is 0. The van der Waals surface area contributed by atoms with Gasteiger partial charge in [-0.3, -0.25) is 19.4 Å². The van der Waals surface area contributed by atoms with Gasteiger partial charge in [-0.2, -0.15) is 0 Å². The Morgan fingerprint density at radius 1 is 0.727 bits per heavy atom. The van der Waals surface area contributed by atoms with E-state index in [2.05, 4.69) is 29.2 Å². The Bertz CT molecular complexity index is 1150. The Balaban J connectivity index is 1.36. The maximum Gasteiger partial charge on any atom is 0.268 e. The molecule has 0 atom stereocenters. The van der Waals surface area contributed by atoms with E-state index in [0.29, 0.717) is 10.5 Å². The molecule has 2 heterocycles. The Labute approximate surface area is 198 Å². The Kier molecular flexibility index (Phi) is 6.42. The van der Waals surface area contributed by atoms with E-state index in [9.17, 15) is 9.59 Å². The highest BCUT2D eigenvalue weighted by atomic mass is 32.2. The van der Waals surface area contributed by atoms with Crippen molar-refractivity contribution in [1.29, 1.82) is 0 Å². The molecule has 3 aromatic carbocycles. The summed E-state index contributed by atoms with van der Waals surface area (Å²) in [7, 11) is 0. The molecule has 0 saturated carbocycles. The molecule has 1 saturated heterocycles. The van der Waals surface area contributed by atoms with Gasteiger partial charge in [0.25, 0.3) is 11.8 Å². The van der Waals surface area contributed by atoms with Crippen LogP contribution in [-0.4, -0.2) is 40.7 Å². The monoisotopic (exact) mass is 454 g/mol. The van der Waals surface area contributed by atoms with Crippen molar-refractivity contribution >= 4 is 29.1 Å². The van der Waals surface area contributed by atoms with Gasteiger partial charge in [0.2, 0.25) is 0 Å². The van der Waals surface area contributed by atoms with Crippen molar-refractivity contribution in [2.45, 2.75) is 30.3 Å². The van der Waals surface area contributed by atoms with Gasteiger partial charge in [0, 0.05) is 30.6 Å². The molecule has 0 spiro atoms. The minimum atomic E-state index is -0.161. The molecule has 0 aromatic heterocycles. The molecule has 2 aliphatic rings. The molecule has 5 rings (SSSR count). The van der Waals surface area contributed by atoms with Crippen LogP contribution in [0.25, 0.3) is 5.57 Å². The van der Waals surface area contributed by atoms with E-state index in [1.54, 1.807) is 0 Å². The van der Waals surface area contributed by atoms with Crippen molar-refractivity contribution < 1.29 is 9.59 Å². The largest absolute Gasteiger partial charge is 0.299 e. The number of rotatable bonds is 6. The number of hydrogen-bond donors (Lipinski definition) is 0. The lowest BCUT2D eigenvalue weighted by Crippen LogP contribution is -2.47. The molecule has 2 amide bonds. The van der Waals surface area contributed by atoms with Crippen molar-refractivity contribution in [3.05, 3.63) is 107 Å². The van der Waals surface area contributed by atoms with Gasteiger partial charge < -0.3 is 0 Å². The Morgan fingerprint density at radius 2 is 1.30 bits per heavy atom. The number of imide groups is 1. The van der Waals surface area contributed by atoms with Gasteiger partial charge in [0.15, 0.2) is 0 Å². The molecule has 166 valence electrons. The highest BCUT2D eigenvalue weighted by molar-refractivity contribution is 8.04. The number of likely N-dealkylation sites (tertiary alicyclic amines) is 1. The highest BCUT2D eigenvalue weighted by Crippen LogP contribution is 2.41. The third kappa shape index (κ3) is 4.65. The van der Waals surface area contributed by atoms with E-state index in [1.165, 1.54) is 22.2 Å². The summed E-state index contributed by atoms with van der Waals surface area (Å²) < 4.78 is 0. The molecule has 0 aliphatic carbocycles. The number of piperidine rings is 1. The fraction of sp³-hybridized carbons (Fsp3) is 0.214. The van der Waals surface area contributed by atoms with Crippen LogP contribution in [0.3, 0.4) is 0 Å². The summed E-state index contributed by atoms with van der Waals surface area (Å²) in [6.45, 7) is 2.65. The van der Waals surface area contributed by atoms with Crippen LogP contribution in [0.15, 0.2) is 101 Å². The molecule has 0 unspecified atom stereocenters. The van der Waals surface area contributed by atoms with Gasteiger partial charge in [0.1, 0.15) is 0 Å². The van der Waals surface area contributed by atoms with Crippen LogP contribution >= 0.6 is 11.8 Å². The third-order valence-corrected chi connectivity index (χ3v) is 7.36. The highest BCUT2D eigenvalue weighted by Gasteiger charge is 2.43. The maximum atomic E-state index is 13.6. The van der Waals surface area contributed by atoms with Crippen LogP contribution in [0, 0.1) is 0 Å². The average Bonchev–Trinajstić information content (AvgIpc) is 3.10. The molecule has 4 nitrogen and oxygen atoms in total. The van der Waals surface area contributed by atoms with Gasteiger partial charge in [-0.25, -0.2) is 0 Å². The predicted molar refractivity (Wildman–Crippen MR) is 132 cm³/mol. The van der Waals surface area contributed by atoms with Gasteiger partial charge in [-0.05, 0) is 36.1 Å². The topological polar surface area (TPSA) is 40.6 Å². The standard InChI is InChI=1S/C28H26N2O2S/c31-27-25(22-12-6-2-7-13-22)26(33-24-14-8-3-9-15-24)28(32)30(27)23-16-18-29(19-17-23)20-21-10-4-1-5-11-21/h1-15,23H,16-20H2. The zero-order valence-corrected chi connectivity index (χ0v) is 19.2. The maximum absolute atomic E-state index is 13.6. The fourth-order valence-corrected chi connectivity index (χ4v) is 5.62. The Hall–Kier alpha value is -3.15. The second-order valence-corrected chi connectivity index (χ2v) is 9.54. The molecule has 3 aromatic rings. The zero-order chi connectivity index (χ0) is 22.6. The van der Waals surface area contributed by atoms with Crippen LogP contribution in [0.1, 0.15) is 24.0 Å². The molecule has 2 aliphatic heterocycles.